The highest BCUT2D eigenvalue weighted by Crippen LogP contribution is 2.28. The second kappa shape index (κ2) is 10.6. The molecule has 1 heterocycles. The highest BCUT2D eigenvalue weighted by Gasteiger charge is 2.16. The first kappa shape index (κ1) is 23.6. The van der Waals surface area contributed by atoms with E-state index in [4.69, 9.17) is 11.5 Å². The van der Waals surface area contributed by atoms with Gasteiger partial charge in [-0.1, -0.05) is 66.7 Å². The van der Waals surface area contributed by atoms with Crippen molar-refractivity contribution in [2.45, 2.75) is 51.5 Å². The Morgan fingerprint density at radius 1 is 0.829 bits per heavy atom. The van der Waals surface area contributed by atoms with Crippen molar-refractivity contribution < 1.29 is 0 Å². The summed E-state index contributed by atoms with van der Waals surface area (Å²) in [5.74, 6) is 0.402. The van der Waals surface area contributed by atoms with Gasteiger partial charge in [0.05, 0.1) is 0 Å². The molecule has 0 aliphatic heterocycles. The van der Waals surface area contributed by atoms with E-state index in [2.05, 4.69) is 90.4 Å². The lowest BCUT2D eigenvalue weighted by molar-refractivity contribution is 0.761. The number of aryl methyl sites for hydroxylation is 3. The van der Waals surface area contributed by atoms with E-state index < -0.39 is 0 Å². The Hall–Kier alpha value is -3.14. The number of nitrogens with two attached hydrogens (primary N) is 2. The predicted octanol–water partition coefficient (Wildman–Crippen LogP) is 4.86. The maximum absolute atomic E-state index is 5.74. The van der Waals surface area contributed by atoms with Gasteiger partial charge in [-0.3, -0.25) is 0 Å². The highest BCUT2D eigenvalue weighted by atomic mass is 15.0. The van der Waals surface area contributed by atoms with E-state index in [1.165, 1.54) is 49.3 Å². The van der Waals surface area contributed by atoms with E-state index in [0.717, 1.165) is 51.7 Å². The first-order valence-electron chi connectivity index (χ1n) is 13.1. The number of benzene rings is 3. The van der Waals surface area contributed by atoms with Gasteiger partial charge in [-0.15, -0.1) is 0 Å². The molecule has 1 atom stereocenters. The third-order valence-electron chi connectivity index (χ3n) is 7.37. The zero-order chi connectivity index (χ0) is 24.2. The van der Waals surface area contributed by atoms with Gasteiger partial charge in [-0.25, -0.2) is 0 Å². The van der Waals surface area contributed by atoms with Crippen LogP contribution in [-0.4, -0.2) is 17.7 Å². The lowest BCUT2D eigenvalue weighted by Crippen LogP contribution is -2.32. The largest absolute Gasteiger partial charge is 0.341 e. The van der Waals surface area contributed by atoms with E-state index in [-0.39, 0.29) is 0 Å². The molecule has 5 rings (SSSR count). The van der Waals surface area contributed by atoms with Crippen LogP contribution in [0.25, 0.3) is 34.2 Å². The average molecular weight is 464 g/mol. The maximum Gasteiger partial charge on any atom is 0.0491 e. The minimum absolute atomic E-state index is 0.402. The van der Waals surface area contributed by atoms with Crippen LogP contribution in [0.3, 0.4) is 0 Å². The van der Waals surface area contributed by atoms with Crippen LogP contribution in [0.1, 0.15) is 48.8 Å². The molecule has 1 unspecified atom stereocenters. The quantitative estimate of drug-likeness (QED) is 0.372. The Kier molecular flexibility index (Phi) is 7.17. The molecule has 0 saturated heterocycles. The van der Waals surface area contributed by atoms with Crippen molar-refractivity contribution in [2.24, 2.45) is 11.5 Å². The number of fused-ring (bicyclic) bond motifs is 3. The van der Waals surface area contributed by atoms with Crippen LogP contribution in [0.2, 0.25) is 0 Å². The lowest BCUT2D eigenvalue weighted by atomic mass is 9.90. The van der Waals surface area contributed by atoms with Crippen molar-refractivity contribution in [1.29, 1.82) is 0 Å². The van der Waals surface area contributed by atoms with Crippen LogP contribution < -0.4 is 22.0 Å². The van der Waals surface area contributed by atoms with Gasteiger partial charge in [0.1, 0.15) is 0 Å². The van der Waals surface area contributed by atoms with Crippen LogP contribution >= 0.6 is 0 Å². The van der Waals surface area contributed by atoms with Crippen LogP contribution in [0.5, 0.6) is 0 Å². The van der Waals surface area contributed by atoms with Crippen molar-refractivity contribution >= 4 is 23.1 Å². The average Bonchev–Trinajstić information content (AvgIpc) is 3.23. The van der Waals surface area contributed by atoms with Crippen LogP contribution in [0, 0.1) is 0 Å². The Morgan fingerprint density at radius 3 is 2.29 bits per heavy atom. The number of aromatic nitrogens is 1. The van der Waals surface area contributed by atoms with Gasteiger partial charge >= 0.3 is 0 Å². The standard InChI is InChI=1S/C32H37N3/c1-2-35-31-15-13-27(25-11-3-7-23(19-25)9-5-17-33)21-29(31)30-22-28(14-16-32(30)35)26-12-4-8-24(20-26)10-6-18-34/h3-4,7-8,11-13,15-16,19-22,28H,2,5-6,9-10,14,17-18,33-34H2,1H3. The van der Waals surface area contributed by atoms with Gasteiger partial charge in [0, 0.05) is 33.9 Å². The van der Waals surface area contributed by atoms with Crippen LogP contribution in [0.4, 0.5) is 0 Å². The summed E-state index contributed by atoms with van der Waals surface area (Å²) in [7, 11) is 0. The van der Waals surface area contributed by atoms with Gasteiger partial charge in [0.2, 0.25) is 0 Å². The number of hydrogen-bond acceptors (Lipinski definition) is 2. The zero-order valence-corrected chi connectivity index (χ0v) is 20.8. The molecule has 0 spiro atoms. The third-order valence-corrected chi connectivity index (χ3v) is 7.37. The zero-order valence-electron chi connectivity index (χ0n) is 20.8. The normalized spacial score (nSPS) is 15.0. The van der Waals surface area contributed by atoms with Crippen molar-refractivity contribution in [1.82, 2.24) is 4.57 Å². The van der Waals surface area contributed by atoms with Gasteiger partial charge in [-0.05, 0) is 92.1 Å². The van der Waals surface area contributed by atoms with E-state index in [1.807, 2.05) is 0 Å². The lowest BCUT2D eigenvalue weighted by Gasteiger charge is -2.15. The second-order valence-electron chi connectivity index (χ2n) is 9.72. The predicted molar refractivity (Wildman–Crippen MR) is 150 cm³/mol. The fourth-order valence-electron chi connectivity index (χ4n) is 5.55. The summed E-state index contributed by atoms with van der Waals surface area (Å²) in [5, 5.41) is 4.10. The summed E-state index contributed by atoms with van der Waals surface area (Å²) in [6.45, 7) is 4.70. The van der Waals surface area contributed by atoms with Gasteiger partial charge < -0.3 is 16.0 Å². The molecule has 35 heavy (non-hydrogen) atoms. The first-order valence-corrected chi connectivity index (χ1v) is 13.1. The molecule has 4 N–H and O–H groups in total. The Morgan fingerprint density at radius 2 is 1.54 bits per heavy atom. The molecule has 3 aromatic carbocycles. The second-order valence-corrected chi connectivity index (χ2v) is 9.72. The fraction of sp³-hybridized carbons (Fsp3) is 0.312. The maximum atomic E-state index is 5.74. The molecule has 0 saturated carbocycles. The molecule has 0 radical (unpaired) electrons. The van der Waals surface area contributed by atoms with E-state index in [1.54, 1.807) is 0 Å². The molecule has 0 bridgehead atoms. The van der Waals surface area contributed by atoms with Crippen molar-refractivity contribution in [2.75, 3.05) is 13.1 Å². The van der Waals surface area contributed by atoms with Gasteiger partial charge in [0.15, 0.2) is 0 Å². The van der Waals surface area contributed by atoms with Crippen molar-refractivity contribution in [3.8, 4) is 11.1 Å². The molecule has 180 valence electrons. The molecule has 0 fully saturated rings. The Labute approximate surface area is 208 Å². The molecule has 1 aliphatic rings. The third kappa shape index (κ3) is 4.84. The van der Waals surface area contributed by atoms with Crippen LogP contribution in [-0.2, 0) is 19.4 Å². The Balaban J connectivity index is 1.58. The summed E-state index contributed by atoms with van der Waals surface area (Å²) >= 11 is 0. The molecule has 0 amide bonds. The van der Waals surface area contributed by atoms with Gasteiger partial charge in [0.25, 0.3) is 0 Å². The monoisotopic (exact) mass is 463 g/mol. The topological polar surface area (TPSA) is 57.0 Å². The van der Waals surface area contributed by atoms with Crippen LogP contribution in [0.15, 0.2) is 66.7 Å². The molecule has 3 nitrogen and oxygen atoms in total. The number of nitrogens with zero attached hydrogens (tertiary/aromatic N) is 1. The summed E-state index contributed by atoms with van der Waals surface area (Å²) < 4.78 is 2.47. The minimum Gasteiger partial charge on any atom is -0.341 e. The summed E-state index contributed by atoms with van der Waals surface area (Å²) in [6.07, 6.45) is 10.1. The summed E-state index contributed by atoms with van der Waals surface area (Å²) in [5.41, 5.74) is 19.5. The molecular weight excluding hydrogens is 426 g/mol. The van der Waals surface area contributed by atoms with Gasteiger partial charge in [-0.2, -0.15) is 0 Å². The van der Waals surface area contributed by atoms with Crippen molar-refractivity contribution in [3.63, 3.8) is 0 Å². The molecule has 3 heteroatoms. The summed E-state index contributed by atoms with van der Waals surface area (Å²) in [4.78, 5) is 0. The first-order chi connectivity index (χ1) is 17.2. The van der Waals surface area contributed by atoms with Crippen molar-refractivity contribution in [3.05, 3.63) is 94.0 Å². The highest BCUT2D eigenvalue weighted by molar-refractivity contribution is 5.88. The summed E-state index contributed by atoms with van der Waals surface area (Å²) in [6, 6.07) is 25.0. The number of hydrogen-bond donors (Lipinski definition) is 2. The Bertz CT molecular complexity index is 1440. The molecular formula is C32H37N3. The fourth-order valence-corrected chi connectivity index (χ4v) is 5.55. The van der Waals surface area contributed by atoms with E-state index in [9.17, 15) is 0 Å². The number of rotatable bonds is 9. The molecule has 1 aromatic heterocycles. The van der Waals surface area contributed by atoms with E-state index in [0.29, 0.717) is 5.92 Å². The molecule has 4 aromatic rings. The smallest absolute Gasteiger partial charge is 0.0491 e. The molecule has 1 aliphatic carbocycles. The van der Waals surface area contributed by atoms with E-state index >= 15 is 0 Å². The minimum atomic E-state index is 0.402. The SMILES string of the molecule is CCn1c2c(c3cc(-c4cccc(CCCN)c4)ccc31)=CC(c1cccc(CCCN)c1)CC=2.